The average Bonchev–Trinajstić information content (AvgIpc) is 2.88. The maximum atomic E-state index is 13.5. The van der Waals surface area contributed by atoms with Crippen molar-refractivity contribution in [3.05, 3.63) is 131 Å². The highest BCUT2D eigenvalue weighted by atomic mass is 32.2. The smallest absolute Gasteiger partial charge is 0.282 e. The van der Waals surface area contributed by atoms with Gasteiger partial charge in [-0.15, -0.1) is 0 Å². The van der Waals surface area contributed by atoms with Gasteiger partial charge in [0, 0.05) is 11.1 Å². The molecular formula is C28H21NO5S. The van der Waals surface area contributed by atoms with Crippen LogP contribution in [-0.2, 0) is 10.1 Å². The number of hydrogen-bond donors (Lipinski definition) is 1. The van der Waals surface area contributed by atoms with E-state index >= 15 is 0 Å². The molecule has 0 aromatic heterocycles. The topological polar surface area (TPSA) is 91.8 Å². The minimum absolute atomic E-state index is 0.126. The van der Waals surface area contributed by atoms with Gasteiger partial charge in [-0.1, -0.05) is 91.0 Å². The quantitative estimate of drug-likeness (QED) is 0.219. The first-order chi connectivity index (χ1) is 16.9. The lowest BCUT2D eigenvalue weighted by Gasteiger charge is -2.24. The van der Waals surface area contributed by atoms with Crippen LogP contribution in [-0.4, -0.2) is 24.8 Å². The first-order valence-corrected chi connectivity index (χ1v) is 12.1. The van der Waals surface area contributed by atoms with Crippen LogP contribution in [0.25, 0.3) is 12.2 Å². The highest BCUT2D eigenvalue weighted by Crippen LogP contribution is 2.32. The number of amides is 2. The van der Waals surface area contributed by atoms with Gasteiger partial charge in [0.15, 0.2) is 0 Å². The first kappa shape index (κ1) is 23.8. The first-order valence-electron chi connectivity index (χ1n) is 10.7. The van der Waals surface area contributed by atoms with Crippen molar-refractivity contribution in [1.29, 1.82) is 0 Å². The maximum absolute atomic E-state index is 13.5. The minimum Gasteiger partial charge on any atom is -0.282 e. The number of hydrogen-bond acceptors (Lipinski definition) is 4. The zero-order valence-electron chi connectivity index (χ0n) is 18.5. The van der Waals surface area contributed by atoms with Crippen LogP contribution >= 0.6 is 0 Å². The third-order valence-electron chi connectivity index (χ3n) is 5.23. The second-order valence-corrected chi connectivity index (χ2v) is 8.95. The Morgan fingerprint density at radius 3 is 1.60 bits per heavy atom. The number of rotatable bonds is 6. The molecule has 0 saturated carbocycles. The van der Waals surface area contributed by atoms with Gasteiger partial charge >= 0.3 is 0 Å². The van der Waals surface area contributed by atoms with Crippen LogP contribution in [0.4, 0.5) is 5.69 Å². The minimum atomic E-state index is -4.84. The molecular weight excluding hydrogens is 462 g/mol. The van der Waals surface area contributed by atoms with Crippen molar-refractivity contribution in [3.8, 4) is 0 Å². The van der Waals surface area contributed by atoms with Gasteiger partial charge in [0.2, 0.25) is 0 Å². The van der Waals surface area contributed by atoms with Crippen LogP contribution in [0.15, 0.2) is 114 Å². The summed E-state index contributed by atoms with van der Waals surface area (Å²) in [5.74, 6) is -1.46. The predicted octanol–water partition coefficient (Wildman–Crippen LogP) is 5.59. The van der Waals surface area contributed by atoms with Gasteiger partial charge in [-0.25, -0.2) is 4.90 Å². The number of imide groups is 1. The summed E-state index contributed by atoms with van der Waals surface area (Å²) >= 11 is 0. The fourth-order valence-electron chi connectivity index (χ4n) is 3.61. The van der Waals surface area contributed by atoms with Crippen LogP contribution < -0.4 is 4.90 Å². The summed E-state index contributed by atoms with van der Waals surface area (Å²) in [7, 11) is -4.84. The number of carbonyl (C=O) groups excluding carboxylic acids is 2. The molecule has 0 aliphatic carbocycles. The molecule has 0 atom stereocenters. The maximum Gasteiger partial charge on any atom is 0.297 e. The van der Waals surface area contributed by atoms with Crippen molar-refractivity contribution < 1.29 is 22.6 Å². The molecule has 4 aromatic carbocycles. The Morgan fingerprint density at radius 1 is 0.629 bits per heavy atom. The summed E-state index contributed by atoms with van der Waals surface area (Å²) in [6.45, 7) is 0. The largest absolute Gasteiger partial charge is 0.297 e. The van der Waals surface area contributed by atoms with Crippen LogP contribution in [0.1, 0.15) is 31.8 Å². The van der Waals surface area contributed by atoms with E-state index < -0.39 is 26.8 Å². The zero-order valence-corrected chi connectivity index (χ0v) is 19.3. The standard InChI is InChI=1S/C28H21NO5S/c30-27(23-13-6-2-7-14-23)29(28(31)24-15-8-3-9-16-24)25-18-10-17-22(26(25)35(32,33)34)20-19-21-11-4-1-5-12-21/h1-20H,(H,32,33,34). The molecule has 0 saturated heterocycles. The summed E-state index contributed by atoms with van der Waals surface area (Å²) in [5.41, 5.74) is 1.05. The molecule has 0 fully saturated rings. The SMILES string of the molecule is O=C(c1ccccc1)N(C(=O)c1ccccc1)c1cccc(C=Cc2ccccc2)c1S(=O)(=O)O. The van der Waals surface area contributed by atoms with E-state index in [4.69, 9.17) is 0 Å². The molecule has 2 amide bonds. The molecule has 6 nitrogen and oxygen atoms in total. The van der Waals surface area contributed by atoms with Gasteiger partial charge in [0.1, 0.15) is 4.90 Å². The normalized spacial score (nSPS) is 11.3. The third kappa shape index (κ3) is 5.43. The zero-order chi connectivity index (χ0) is 24.8. The number of benzene rings is 4. The van der Waals surface area contributed by atoms with Crippen molar-refractivity contribution in [2.45, 2.75) is 4.90 Å². The molecule has 4 aromatic rings. The Hall–Kier alpha value is -4.33. The van der Waals surface area contributed by atoms with Crippen molar-refractivity contribution in [3.63, 3.8) is 0 Å². The van der Waals surface area contributed by atoms with E-state index in [1.807, 2.05) is 30.3 Å². The average molecular weight is 484 g/mol. The van der Waals surface area contributed by atoms with Crippen molar-refractivity contribution in [1.82, 2.24) is 0 Å². The molecule has 0 spiro atoms. The second-order valence-electron chi connectivity index (χ2n) is 7.59. The van der Waals surface area contributed by atoms with E-state index in [1.165, 1.54) is 48.5 Å². The van der Waals surface area contributed by atoms with E-state index in [0.717, 1.165) is 10.5 Å². The molecule has 0 aliphatic rings. The van der Waals surface area contributed by atoms with Crippen LogP contribution in [0.3, 0.4) is 0 Å². The fraction of sp³-hybridized carbons (Fsp3) is 0. The lowest BCUT2D eigenvalue weighted by Crippen LogP contribution is -2.38. The van der Waals surface area contributed by atoms with E-state index in [2.05, 4.69) is 0 Å². The molecule has 7 heteroatoms. The molecule has 4 rings (SSSR count). The van der Waals surface area contributed by atoms with Crippen molar-refractivity contribution in [2.75, 3.05) is 4.90 Å². The summed E-state index contributed by atoms with van der Waals surface area (Å²) < 4.78 is 35.4. The molecule has 0 radical (unpaired) electrons. The van der Waals surface area contributed by atoms with E-state index in [0.29, 0.717) is 0 Å². The summed E-state index contributed by atoms with van der Waals surface area (Å²) in [4.78, 5) is 27.3. The molecule has 0 heterocycles. The van der Waals surface area contributed by atoms with Gasteiger partial charge in [-0.3, -0.25) is 14.1 Å². The molecule has 1 N–H and O–H groups in total. The van der Waals surface area contributed by atoms with E-state index in [-0.39, 0.29) is 22.4 Å². The molecule has 0 unspecified atom stereocenters. The molecule has 0 bridgehead atoms. The summed E-state index contributed by atoms with van der Waals surface area (Å²) in [6, 6.07) is 29.6. The highest BCUT2D eigenvalue weighted by Gasteiger charge is 2.32. The second kappa shape index (κ2) is 10.3. The van der Waals surface area contributed by atoms with E-state index in [1.54, 1.807) is 42.5 Å². The Balaban J connectivity index is 1.92. The van der Waals surface area contributed by atoms with Crippen LogP contribution in [0, 0.1) is 0 Å². The van der Waals surface area contributed by atoms with Gasteiger partial charge in [-0.2, -0.15) is 8.42 Å². The highest BCUT2D eigenvalue weighted by molar-refractivity contribution is 7.86. The van der Waals surface area contributed by atoms with E-state index in [9.17, 15) is 22.6 Å². The summed E-state index contributed by atoms with van der Waals surface area (Å²) in [6.07, 6.45) is 3.19. The summed E-state index contributed by atoms with van der Waals surface area (Å²) in [5, 5.41) is 0. The van der Waals surface area contributed by atoms with Crippen LogP contribution in [0.5, 0.6) is 0 Å². The number of anilines is 1. The van der Waals surface area contributed by atoms with Crippen molar-refractivity contribution >= 4 is 39.8 Å². The van der Waals surface area contributed by atoms with Gasteiger partial charge in [-0.05, 0) is 41.5 Å². The van der Waals surface area contributed by atoms with Crippen molar-refractivity contribution in [2.24, 2.45) is 0 Å². The Bertz CT molecular complexity index is 1430. The lowest BCUT2D eigenvalue weighted by molar-refractivity contribution is 0.0897. The molecule has 35 heavy (non-hydrogen) atoms. The Kier molecular flexibility index (Phi) is 7.01. The van der Waals surface area contributed by atoms with Gasteiger partial charge < -0.3 is 0 Å². The van der Waals surface area contributed by atoms with Crippen LogP contribution in [0.2, 0.25) is 0 Å². The van der Waals surface area contributed by atoms with Gasteiger partial charge in [0.25, 0.3) is 21.9 Å². The molecule has 174 valence electrons. The third-order valence-corrected chi connectivity index (χ3v) is 6.19. The Morgan fingerprint density at radius 2 is 1.11 bits per heavy atom. The fourth-order valence-corrected chi connectivity index (χ4v) is 4.47. The Labute approximate surface area is 203 Å². The monoisotopic (exact) mass is 483 g/mol. The predicted molar refractivity (Wildman–Crippen MR) is 136 cm³/mol. The number of nitrogens with zero attached hydrogens (tertiary/aromatic N) is 1. The molecule has 0 aliphatic heterocycles. The number of carbonyl (C=O) groups is 2. The van der Waals surface area contributed by atoms with Gasteiger partial charge in [0.05, 0.1) is 5.69 Å². The lowest BCUT2D eigenvalue weighted by atomic mass is 10.1.